The maximum atomic E-state index is 11.3. The van der Waals surface area contributed by atoms with Crippen LogP contribution in [-0.4, -0.2) is 24.9 Å². The summed E-state index contributed by atoms with van der Waals surface area (Å²) >= 11 is 0. The van der Waals surface area contributed by atoms with Gasteiger partial charge in [-0.1, -0.05) is 53.7 Å². The standard InChI is InChI=1S/C20H30N4O2S/c1-19(2,3)16-13-17(24-18(23-16)20(4,5)6)22-12-11-14-7-9-15(10-8-14)27(21,25)26/h7-10,13H,11-12H2,1-6H3,(H2,21,25,26)(H,22,23,24). The molecule has 2 rings (SSSR count). The van der Waals surface area contributed by atoms with Crippen molar-refractivity contribution in [3.8, 4) is 0 Å². The van der Waals surface area contributed by atoms with Crippen molar-refractivity contribution in [2.24, 2.45) is 5.14 Å². The van der Waals surface area contributed by atoms with Crippen LogP contribution in [0.1, 0.15) is 58.6 Å². The number of aromatic nitrogens is 2. The summed E-state index contributed by atoms with van der Waals surface area (Å²) in [6.07, 6.45) is 0.741. The van der Waals surface area contributed by atoms with E-state index in [-0.39, 0.29) is 15.7 Å². The summed E-state index contributed by atoms with van der Waals surface area (Å²) in [4.78, 5) is 9.56. The predicted octanol–water partition coefficient (Wildman–Crippen LogP) is 3.37. The van der Waals surface area contributed by atoms with Crippen molar-refractivity contribution < 1.29 is 8.42 Å². The minimum Gasteiger partial charge on any atom is -0.370 e. The molecule has 27 heavy (non-hydrogen) atoms. The van der Waals surface area contributed by atoms with Gasteiger partial charge in [0, 0.05) is 23.4 Å². The lowest BCUT2D eigenvalue weighted by molar-refractivity contribution is 0.514. The molecule has 148 valence electrons. The van der Waals surface area contributed by atoms with Crippen LogP contribution in [0.5, 0.6) is 0 Å². The van der Waals surface area contributed by atoms with Gasteiger partial charge in [0.15, 0.2) is 0 Å². The lowest BCUT2D eigenvalue weighted by Gasteiger charge is -2.24. The Morgan fingerprint density at radius 2 is 1.56 bits per heavy atom. The van der Waals surface area contributed by atoms with Crippen LogP contribution in [0, 0.1) is 0 Å². The van der Waals surface area contributed by atoms with Crippen LogP contribution in [0.2, 0.25) is 0 Å². The van der Waals surface area contributed by atoms with E-state index in [2.05, 4.69) is 51.8 Å². The number of nitrogens with two attached hydrogens (primary N) is 1. The van der Waals surface area contributed by atoms with Crippen molar-refractivity contribution in [3.63, 3.8) is 0 Å². The third-order valence-corrected chi connectivity index (χ3v) is 5.07. The topological polar surface area (TPSA) is 98.0 Å². The van der Waals surface area contributed by atoms with Crippen LogP contribution in [0.15, 0.2) is 35.2 Å². The van der Waals surface area contributed by atoms with Gasteiger partial charge in [-0.2, -0.15) is 0 Å². The van der Waals surface area contributed by atoms with Gasteiger partial charge in [0.2, 0.25) is 10.0 Å². The highest BCUT2D eigenvalue weighted by Crippen LogP contribution is 2.26. The van der Waals surface area contributed by atoms with E-state index in [1.807, 2.05) is 6.07 Å². The number of sulfonamides is 1. The van der Waals surface area contributed by atoms with Crippen LogP contribution in [-0.2, 0) is 27.3 Å². The molecule has 0 aliphatic carbocycles. The van der Waals surface area contributed by atoms with Crippen molar-refractivity contribution in [3.05, 3.63) is 47.4 Å². The summed E-state index contributed by atoms with van der Waals surface area (Å²) in [6.45, 7) is 13.4. The van der Waals surface area contributed by atoms with Crippen molar-refractivity contribution in [1.82, 2.24) is 9.97 Å². The third kappa shape index (κ3) is 6.01. The largest absolute Gasteiger partial charge is 0.370 e. The van der Waals surface area contributed by atoms with E-state index in [1.54, 1.807) is 12.1 Å². The number of nitrogens with one attached hydrogen (secondary N) is 1. The van der Waals surface area contributed by atoms with Gasteiger partial charge in [0.1, 0.15) is 11.6 Å². The highest BCUT2D eigenvalue weighted by molar-refractivity contribution is 7.89. The van der Waals surface area contributed by atoms with E-state index < -0.39 is 10.0 Å². The zero-order valence-corrected chi connectivity index (χ0v) is 17.8. The average Bonchev–Trinajstić information content (AvgIpc) is 2.52. The van der Waals surface area contributed by atoms with Gasteiger partial charge in [-0.15, -0.1) is 0 Å². The number of anilines is 1. The number of hydrogen-bond donors (Lipinski definition) is 2. The summed E-state index contributed by atoms with van der Waals surface area (Å²) in [7, 11) is -3.65. The Labute approximate surface area is 162 Å². The van der Waals surface area contributed by atoms with Crippen LogP contribution >= 0.6 is 0 Å². The first-order valence-corrected chi connectivity index (χ1v) is 10.6. The Bertz CT molecular complexity index is 861. The van der Waals surface area contributed by atoms with Crippen LogP contribution in [0.3, 0.4) is 0 Å². The van der Waals surface area contributed by atoms with E-state index in [0.717, 1.165) is 29.3 Å². The molecule has 1 heterocycles. The Kier molecular flexibility index (Phi) is 5.97. The molecule has 6 nitrogen and oxygen atoms in total. The molecule has 1 aromatic heterocycles. The zero-order valence-electron chi connectivity index (χ0n) is 17.0. The van der Waals surface area contributed by atoms with Gasteiger partial charge >= 0.3 is 0 Å². The molecule has 0 spiro atoms. The monoisotopic (exact) mass is 390 g/mol. The lowest BCUT2D eigenvalue weighted by atomic mass is 9.90. The molecule has 0 bridgehead atoms. The molecule has 0 aliphatic heterocycles. The molecule has 0 fully saturated rings. The van der Waals surface area contributed by atoms with Gasteiger partial charge < -0.3 is 5.32 Å². The highest BCUT2D eigenvalue weighted by Gasteiger charge is 2.23. The van der Waals surface area contributed by atoms with E-state index in [0.29, 0.717) is 6.54 Å². The van der Waals surface area contributed by atoms with Crippen LogP contribution in [0.25, 0.3) is 0 Å². The predicted molar refractivity (Wildman–Crippen MR) is 109 cm³/mol. The molecule has 2 aromatic rings. The molecule has 0 atom stereocenters. The Morgan fingerprint density at radius 3 is 2.04 bits per heavy atom. The second kappa shape index (κ2) is 7.56. The lowest BCUT2D eigenvalue weighted by Crippen LogP contribution is -2.23. The molecular formula is C20H30N4O2S. The van der Waals surface area contributed by atoms with Gasteiger partial charge in [-0.3, -0.25) is 0 Å². The molecule has 0 saturated heterocycles. The molecule has 0 aliphatic rings. The first-order chi connectivity index (χ1) is 12.3. The van der Waals surface area contributed by atoms with Gasteiger partial charge in [-0.05, 0) is 24.1 Å². The molecule has 3 N–H and O–H groups in total. The van der Waals surface area contributed by atoms with E-state index >= 15 is 0 Å². The minimum absolute atomic E-state index is 0.0666. The second-order valence-electron chi connectivity index (χ2n) is 8.83. The fourth-order valence-electron chi connectivity index (χ4n) is 2.44. The van der Waals surface area contributed by atoms with Crippen molar-refractivity contribution in [1.29, 1.82) is 0 Å². The highest BCUT2D eigenvalue weighted by atomic mass is 32.2. The Balaban J connectivity index is 2.13. The molecule has 0 saturated carbocycles. The van der Waals surface area contributed by atoms with Gasteiger partial charge in [0.05, 0.1) is 10.6 Å². The molecule has 0 unspecified atom stereocenters. The fraction of sp³-hybridized carbons (Fsp3) is 0.500. The summed E-state index contributed by atoms with van der Waals surface area (Å²) < 4.78 is 22.6. The van der Waals surface area contributed by atoms with Crippen molar-refractivity contribution in [2.45, 2.75) is 63.7 Å². The quantitative estimate of drug-likeness (QED) is 0.815. The molecule has 7 heteroatoms. The number of primary sulfonamides is 1. The number of benzene rings is 1. The van der Waals surface area contributed by atoms with E-state index in [1.165, 1.54) is 12.1 Å². The Hall–Kier alpha value is -1.99. The van der Waals surface area contributed by atoms with Crippen molar-refractivity contribution >= 4 is 15.8 Å². The number of nitrogens with zero attached hydrogens (tertiary/aromatic N) is 2. The van der Waals surface area contributed by atoms with Gasteiger partial charge in [-0.25, -0.2) is 23.5 Å². The first kappa shape index (κ1) is 21.3. The van der Waals surface area contributed by atoms with E-state index in [9.17, 15) is 8.42 Å². The summed E-state index contributed by atoms with van der Waals surface area (Å²) in [6, 6.07) is 8.63. The van der Waals surface area contributed by atoms with Gasteiger partial charge in [0.25, 0.3) is 0 Å². The Morgan fingerprint density at radius 1 is 0.963 bits per heavy atom. The van der Waals surface area contributed by atoms with Crippen molar-refractivity contribution in [2.75, 3.05) is 11.9 Å². The van der Waals surface area contributed by atoms with Crippen LogP contribution in [0.4, 0.5) is 5.82 Å². The number of rotatable bonds is 5. The maximum Gasteiger partial charge on any atom is 0.238 e. The maximum absolute atomic E-state index is 11.3. The SMILES string of the molecule is CC(C)(C)c1cc(NCCc2ccc(S(N)(=O)=O)cc2)nc(C(C)(C)C)n1. The van der Waals surface area contributed by atoms with Crippen LogP contribution < -0.4 is 10.5 Å². The third-order valence-electron chi connectivity index (χ3n) is 4.14. The fourth-order valence-corrected chi connectivity index (χ4v) is 2.95. The van der Waals surface area contributed by atoms with E-state index in [4.69, 9.17) is 10.1 Å². The molecule has 0 radical (unpaired) electrons. The number of hydrogen-bond acceptors (Lipinski definition) is 5. The smallest absolute Gasteiger partial charge is 0.238 e. The normalized spacial score (nSPS) is 12.9. The molecule has 1 aromatic carbocycles. The first-order valence-electron chi connectivity index (χ1n) is 9.02. The summed E-state index contributed by atoms with van der Waals surface area (Å²) in [5.74, 6) is 1.62. The summed E-state index contributed by atoms with van der Waals surface area (Å²) in [5.41, 5.74) is 1.82. The summed E-state index contributed by atoms with van der Waals surface area (Å²) in [5, 5.41) is 8.50. The second-order valence-corrected chi connectivity index (χ2v) is 10.4. The molecule has 0 amide bonds. The zero-order chi connectivity index (χ0) is 20.5. The minimum atomic E-state index is -3.65. The molecular weight excluding hydrogens is 360 g/mol. The average molecular weight is 391 g/mol.